The van der Waals surface area contributed by atoms with Crippen LogP contribution < -0.4 is 24.8 Å². The third-order valence-electron chi connectivity index (χ3n) is 10.3. The van der Waals surface area contributed by atoms with Gasteiger partial charge in [-0.05, 0) is 74.8 Å². The van der Waals surface area contributed by atoms with E-state index in [0.717, 1.165) is 98.0 Å². The molecule has 8 rings (SSSR count). The molecule has 0 unspecified atom stereocenters. The van der Waals surface area contributed by atoms with Crippen LogP contribution in [0.25, 0.3) is 11.1 Å². The van der Waals surface area contributed by atoms with Gasteiger partial charge in [0, 0.05) is 72.1 Å². The van der Waals surface area contributed by atoms with Gasteiger partial charge in [-0.3, -0.25) is 0 Å². The molecule has 0 saturated heterocycles. The number of anilines is 1. The van der Waals surface area contributed by atoms with E-state index >= 15 is 0 Å². The molecule has 0 fully saturated rings. The number of rotatable bonds is 2. The van der Waals surface area contributed by atoms with Gasteiger partial charge in [0.05, 0.1) is 31.2 Å². The molecule has 5 nitrogen and oxygen atoms in total. The van der Waals surface area contributed by atoms with Gasteiger partial charge < -0.3 is 14.7 Å². The van der Waals surface area contributed by atoms with Crippen molar-refractivity contribution in [3.8, 4) is 11.5 Å². The smallest absolute Gasteiger partial charge is 0.337 e. The summed E-state index contributed by atoms with van der Waals surface area (Å²) in [6, 6.07) is 4.37. The molecule has 3 aromatic carbocycles. The zero-order valence-electron chi connectivity index (χ0n) is 25.5. The summed E-state index contributed by atoms with van der Waals surface area (Å²) in [4.78, 5) is 15.5. The summed E-state index contributed by atoms with van der Waals surface area (Å²) in [7, 11) is 0. The molecule has 45 heavy (non-hydrogen) atoms. The molecular formula is C36H33Cl4N2O3+. The summed E-state index contributed by atoms with van der Waals surface area (Å²) in [6.45, 7) is 9.67. The van der Waals surface area contributed by atoms with E-state index in [9.17, 15) is 9.90 Å². The summed E-state index contributed by atoms with van der Waals surface area (Å²) in [6.07, 6.45) is 9.21. The number of halogens is 4. The predicted molar refractivity (Wildman–Crippen MR) is 183 cm³/mol. The van der Waals surface area contributed by atoms with Crippen LogP contribution in [0.1, 0.15) is 90.2 Å². The SMILES string of the molecule is CC1=CC(C)(C)[N+]2=c3c1cc1c(c3CCC2)Oc2c(cc3c4c2CCCN4CCCC3)C=1c1c(Cl)c(Cl)c(Cl)c(Cl)c1C(=O)O. The maximum absolute atomic E-state index is 13.0. The molecule has 0 radical (unpaired) electrons. The lowest BCUT2D eigenvalue weighted by molar-refractivity contribution is 0.0696. The van der Waals surface area contributed by atoms with Crippen molar-refractivity contribution < 1.29 is 14.6 Å². The number of aromatic carboxylic acids is 1. The average Bonchev–Trinajstić information content (AvgIpc) is 3.22. The Morgan fingerprint density at radius 1 is 0.889 bits per heavy atom. The Labute approximate surface area is 282 Å². The van der Waals surface area contributed by atoms with Crippen LogP contribution in [-0.4, -0.2) is 36.2 Å². The molecule has 0 amide bonds. The first-order chi connectivity index (χ1) is 21.5. The number of hydrogen-bond acceptors (Lipinski definition) is 3. The van der Waals surface area contributed by atoms with Crippen LogP contribution in [0.2, 0.25) is 20.1 Å². The van der Waals surface area contributed by atoms with Crippen molar-refractivity contribution in [2.75, 3.05) is 24.5 Å². The van der Waals surface area contributed by atoms with E-state index in [1.807, 2.05) is 0 Å². The molecule has 0 aromatic heterocycles. The van der Waals surface area contributed by atoms with Gasteiger partial charge in [-0.2, -0.15) is 0 Å². The Morgan fingerprint density at radius 2 is 1.62 bits per heavy atom. The van der Waals surface area contributed by atoms with Crippen LogP contribution in [0, 0.1) is 0 Å². The summed E-state index contributed by atoms with van der Waals surface area (Å²) >= 11 is 26.9. The highest BCUT2D eigenvalue weighted by Gasteiger charge is 2.41. The topological polar surface area (TPSA) is 52.8 Å². The Balaban J connectivity index is 1.61. The second kappa shape index (κ2) is 10.4. The van der Waals surface area contributed by atoms with Gasteiger partial charge >= 0.3 is 5.97 Å². The van der Waals surface area contributed by atoms with Crippen molar-refractivity contribution in [2.45, 2.75) is 71.3 Å². The van der Waals surface area contributed by atoms with Gasteiger partial charge in [-0.1, -0.05) is 46.4 Å². The van der Waals surface area contributed by atoms with E-state index < -0.39 is 5.97 Å². The standard InChI is InChI=1S/C36H32Cl4N2O3/c1-17-16-36(2,3)42-13-7-10-20-32(42)21(17)15-23-24(25-26(35(43)44)28(38)30(40)29(39)27(25)37)22-14-18-8-4-5-11-41-12-6-9-19(31(18)41)33(22)45-34(20)23/h14-16H,4-13H2,1-3H3/p+1. The molecule has 9 heteroatoms. The monoisotopic (exact) mass is 681 g/mol. The van der Waals surface area contributed by atoms with Crippen LogP contribution in [0.3, 0.4) is 0 Å². The highest BCUT2D eigenvalue weighted by Crippen LogP contribution is 2.52. The van der Waals surface area contributed by atoms with E-state index in [2.05, 4.69) is 48.5 Å². The molecular weight excluding hydrogens is 650 g/mol. The minimum absolute atomic E-state index is 0.0380. The van der Waals surface area contributed by atoms with Crippen molar-refractivity contribution in [3.05, 3.63) is 87.8 Å². The van der Waals surface area contributed by atoms with Gasteiger partial charge in [0.15, 0.2) is 5.54 Å². The molecule has 5 heterocycles. The third kappa shape index (κ3) is 4.20. The molecule has 5 aliphatic heterocycles. The first-order valence-electron chi connectivity index (χ1n) is 15.8. The van der Waals surface area contributed by atoms with Gasteiger partial charge in [-0.15, -0.1) is 0 Å². The molecule has 232 valence electrons. The number of benzene rings is 3. The Kier molecular flexibility index (Phi) is 6.86. The molecule has 3 aromatic rings. The Morgan fingerprint density at radius 3 is 2.40 bits per heavy atom. The summed E-state index contributed by atoms with van der Waals surface area (Å²) in [5.41, 5.74) is 8.65. The first-order valence-corrected chi connectivity index (χ1v) is 17.3. The van der Waals surface area contributed by atoms with Gasteiger partial charge in [0.2, 0.25) is 5.36 Å². The van der Waals surface area contributed by atoms with Crippen LogP contribution in [0.4, 0.5) is 5.69 Å². The maximum Gasteiger partial charge on any atom is 0.337 e. The van der Waals surface area contributed by atoms with Crippen LogP contribution in [0.5, 0.6) is 11.5 Å². The van der Waals surface area contributed by atoms with E-state index in [0.29, 0.717) is 5.57 Å². The fraction of sp³-hybridized carbons (Fsp3) is 0.389. The van der Waals surface area contributed by atoms with Crippen molar-refractivity contribution in [1.29, 1.82) is 0 Å². The number of carboxylic acids is 1. The second-order valence-corrected chi connectivity index (χ2v) is 15.0. The number of allylic oxidation sites excluding steroid dienone is 1. The fourth-order valence-corrected chi connectivity index (χ4v) is 9.54. The highest BCUT2D eigenvalue weighted by molar-refractivity contribution is 6.53. The van der Waals surface area contributed by atoms with E-state index in [1.165, 1.54) is 27.7 Å². The average molecular weight is 683 g/mol. The van der Waals surface area contributed by atoms with E-state index in [-0.39, 0.29) is 36.8 Å². The quantitative estimate of drug-likeness (QED) is 0.132. The maximum atomic E-state index is 13.0. The van der Waals surface area contributed by atoms with Crippen molar-refractivity contribution in [3.63, 3.8) is 0 Å². The number of aryl methyl sites for hydroxylation is 1. The van der Waals surface area contributed by atoms with Crippen LogP contribution in [0.15, 0.2) is 18.2 Å². The summed E-state index contributed by atoms with van der Waals surface area (Å²) in [5, 5.41) is 12.5. The number of fused-ring (bicyclic) bond motifs is 4. The van der Waals surface area contributed by atoms with Crippen LogP contribution >= 0.6 is 46.4 Å². The van der Waals surface area contributed by atoms with E-state index in [1.54, 1.807) is 0 Å². The van der Waals surface area contributed by atoms with Gasteiger partial charge in [0.25, 0.3) is 0 Å². The van der Waals surface area contributed by atoms with E-state index in [4.69, 9.17) is 51.1 Å². The summed E-state index contributed by atoms with van der Waals surface area (Å²) in [5.74, 6) is 0.333. The van der Waals surface area contributed by atoms with Gasteiger partial charge in [-0.25, -0.2) is 9.37 Å². The van der Waals surface area contributed by atoms with Crippen molar-refractivity contribution >= 4 is 69.2 Å². The molecule has 0 bridgehead atoms. The molecule has 1 N–H and O–H groups in total. The van der Waals surface area contributed by atoms with Gasteiger partial charge in [0.1, 0.15) is 18.0 Å². The molecule has 0 aliphatic carbocycles. The normalized spacial score (nSPS) is 19.1. The lowest BCUT2D eigenvalue weighted by Crippen LogP contribution is -2.53. The molecule has 0 saturated carbocycles. The largest absolute Gasteiger partial charge is 0.478 e. The molecule has 0 spiro atoms. The summed E-state index contributed by atoms with van der Waals surface area (Å²) < 4.78 is 9.65. The minimum Gasteiger partial charge on any atom is -0.478 e. The highest BCUT2D eigenvalue weighted by atomic mass is 35.5. The lowest BCUT2D eigenvalue weighted by Gasteiger charge is -2.36. The lowest BCUT2D eigenvalue weighted by atomic mass is 9.81. The second-order valence-electron chi connectivity index (χ2n) is 13.4. The molecule has 5 aliphatic rings. The fourth-order valence-electron chi connectivity index (χ4n) is 8.52. The predicted octanol–water partition coefficient (Wildman–Crippen LogP) is 8.07. The number of ether oxygens (including phenoxy) is 1. The Hall–Kier alpha value is -2.70. The number of nitrogens with zero attached hydrogens (tertiary/aromatic N) is 2. The zero-order chi connectivity index (χ0) is 31.5. The number of carbonyl (C=O) groups is 1. The van der Waals surface area contributed by atoms with Crippen LogP contribution in [-0.2, 0) is 19.3 Å². The van der Waals surface area contributed by atoms with Crippen molar-refractivity contribution in [2.24, 2.45) is 0 Å². The minimum atomic E-state index is -1.22. The zero-order valence-corrected chi connectivity index (χ0v) is 28.5. The number of hydrogen-bond donors (Lipinski definition) is 1. The molecule has 0 atom stereocenters. The first kappa shape index (κ1) is 29.7. The third-order valence-corrected chi connectivity index (χ3v) is 12.1. The number of carboxylic acid groups (broad SMARTS) is 1. The Bertz CT molecular complexity index is 2060. The van der Waals surface area contributed by atoms with Crippen molar-refractivity contribution in [1.82, 2.24) is 4.58 Å².